The van der Waals surface area contributed by atoms with Gasteiger partial charge in [0.15, 0.2) is 5.78 Å². The van der Waals surface area contributed by atoms with Crippen molar-refractivity contribution in [2.75, 3.05) is 13.7 Å². The number of hydrogen-bond acceptors (Lipinski definition) is 4. The van der Waals surface area contributed by atoms with Gasteiger partial charge < -0.3 is 9.47 Å². The summed E-state index contributed by atoms with van der Waals surface area (Å²) in [5, 5.41) is 1.75. The molecule has 0 aliphatic carbocycles. The van der Waals surface area contributed by atoms with Gasteiger partial charge in [0.05, 0.1) is 20.1 Å². The van der Waals surface area contributed by atoms with Crippen LogP contribution in [-0.2, 0) is 9.53 Å². The Bertz CT molecular complexity index is 661. The third-order valence-electron chi connectivity index (χ3n) is 3.27. The molecular formula is C17H18O4. The number of hydrogen-bond donors (Lipinski definition) is 0. The molecule has 0 saturated heterocycles. The Morgan fingerprint density at radius 1 is 1.00 bits per heavy atom. The summed E-state index contributed by atoms with van der Waals surface area (Å²) in [6.07, 6.45) is 0.238. The van der Waals surface area contributed by atoms with Crippen LogP contribution < -0.4 is 4.74 Å². The van der Waals surface area contributed by atoms with E-state index in [1.54, 1.807) is 12.1 Å². The molecule has 2 aromatic rings. The van der Waals surface area contributed by atoms with Crippen LogP contribution in [0.1, 0.15) is 30.1 Å². The Morgan fingerprint density at radius 2 is 1.71 bits per heavy atom. The Labute approximate surface area is 123 Å². The van der Waals surface area contributed by atoms with Crippen molar-refractivity contribution in [3.05, 3.63) is 42.0 Å². The highest BCUT2D eigenvalue weighted by Crippen LogP contribution is 2.29. The highest BCUT2D eigenvalue weighted by molar-refractivity contribution is 6.10. The number of rotatable bonds is 6. The van der Waals surface area contributed by atoms with Gasteiger partial charge in [-0.2, -0.15) is 0 Å². The highest BCUT2D eigenvalue weighted by atomic mass is 16.5. The van der Waals surface area contributed by atoms with Crippen LogP contribution in [0, 0.1) is 0 Å². The number of esters is 1. The molecule has 110 valence electrons. The van der Waals surface area contributed by atoms with Crippen molar-refractivity contribution >= 4 is 22.5 Å². The summed E-state index contributed by atoms with van der Waals surface area (Å²) >= 11 is 0. The summed E-state index contributed by atoms with van der Waals surface area (Å²) in [7, 11) is 1.32. The van der Waals surface area contributed by atoms with Crippen molar-refractivity contribution in [1.82, 2.24) is 0 Å². The van der Waals surface area contributed by atoms with E-state index >= 15 is 0 Å². The first-order valence-corrected chi connectivity index (χ1v) is 6.92. The molecule has 0 aliphatic rings. The monoisotopic (exact) mass is 286 g/mol. The van der Waals surface area contributed by atoms with Gasteiger partial charge in [0, 0.05) is 17.4 Å². The van der Waals surface area contributed by atoms with Crippen LogP contribution in [0.15, 0.2) is 36.4 Å². The number of ketones is 1. The molecule has 0 heterocycles. The molecule has 0 saturated carbocycles. The van der Waals surface area contributed by atoms with Gasteiger partial charge in [-0.25, -0.2) is 0 Å². The molecule has 0 fully saturated rings. The van der Waals surface area contributed by atoms with Crippen LogP contribution in [0.5, 0.6) is 5.75 Å². The average molecular weight is 286 g/mol. The molecule has 4 nitrogen and oxygen atoms in total. The molecule has 0 aliphatic heterocycles. The van der Waals surface area contributed by atoms with E-state index < -0.39 is 0 Å². The van der Waals surface area contributed by atoms with E-state index in [0.717, 1.165) is 16.5 Å². The van der Waals surface area contributed by atoms with E-state index in [0.29, 0.717) is 12.2 Å². The molecule has 0 unspecified atom stereocenters. The molecule has 0 aromatic heterocycles. The Hall–Kier alpha value is -2.36. The third kappa shape index (κ3) is 3.40. The Balaban J connectivity index is 2.34. The van der Waals surface area contributed by atoms with Gasteiger partial charge in [0.1, 0.15) is 5.75 Å². The number of benzene rings is 2. The summed E-state index contributed by atoms with van der Waals surface area (Å²) in [4.78, 5) is 23.5. The molecule has 0 spiro atoms. The second kappa shape index (κ2) is 6.88. The Kier molecular flexibility index (Phi) is 4.93. The molecule has 0 N–H and O–H groups in total. The first-order valence-electron chi connectivity index (χ1n) is 6.92. The maximum Gasteiger partial charge on any atom is 0.305 e. The predicted octanol–water partition coefficient (Wildman–Crippen LogP) is 3.37. The first-order chi connectivity index (χ1) is 10.2. The van der Waals surface area contributed by atoms with Gasteiger partial charge in [-0.1, -0.05) is 24.3 Å². The summed E-state index contributed by atoms with van der Waals surface area (Å²) < 4.78 is 10.1. The van der Waals surface area contributed by atoms with Crippen LogP contribution in [0.25, 0.3) is 10.8 Å². The second-order valence-electron chi connectivity index (χ2n) is 4.59. The largest absolute Gasteiger partial charge is 0.493 e. The van der Waals surface area contributed by atoms with Crippen LogP contribution in [0.4, 0.5) is 0 Å². The quantitative estimate of drug-likeness (QED) is 0.603. The molecule has 21 heavy (non-hydrogen) atoms. The molecule has 0 radical (unpaired) electrons. The van der Waals surface area contributed by atoms with Crippen molar-refractivity contribution in [2.45, 2.75) is 19.8 Å². The summed E-state index contributed by atoms with van der Waals surface area (Å²) in [5.41, 5.74) is 0.609. The zero-order valence-electron chi connectivity index (χ0n) is 12.2. The van der Waals surface area contributed by atoms with E-state index in [9.17, 15) is 9.59 Å². The maximum absolute atomic E-state index is 12.3. The van der Waals surface area contributed by atoms with Gasteiger partial charge in [-0.05, 0) is 24.4 Å². The number of carbonyl (C=O) groups excluding carboxylic acids is 2. The predicted molar refractivity (Wildman–Crippen MR) is 80.7 cm³/mol. The molecule has 4 heteroatoms. The fraction of sp³-hybridized carbons (Fsp3) is 0.294. The van der Waals surface area contributed by atoms with Crippen LogP contribution >= 0.6 is 0 Å². The van der Waals surface area contributed by atoms with Gasteiger partial charge >= 0.3 is 5.97 Å². The molecule has 0 amide bonds. The number of Topliss-reactive ketones (excluding diaryl/α,β-unsaturated/α-hetero) is 1. The summed E-state index contributed by atoms with van der Waals surface area (Å²) in [5.74, 6) is 0.316. The van der Waals surface area contributed by atoms with Crippen molar-refractivity contribution < 1.29 is 19.1 Å². The summed E-state index contributed by atoms with van der Waals surface area (Å²) in [6, 6.07) is 11.2. The fourth-order valence-electron chi connectivity index (χ4n) is 2.25. The zero-order chi connectivity index (χ0) is 15.2. The van der Waals surface area contributed by atoms with Crippen LogP contribution in [-0.4, -0.2) is 25.5 Å². The van der Waals surface area contributed by atoms with Crippen LogP contribution in [0.3, 0.4) is 0 Å². The number of ether oxygens (including phenoxy) is 2. The minimum atomic E-state index is -0.376. The topological polar surface area (TPSA) is 52.6 Å². The Morgan fingerprint density at radius 3 is 2.38 bits per heavy atom. The molecule has 0 bridgehead atoms. The van der Waals surface area contributed by atoms with E-state index in [4.69, 9.17) is 4.74 Å². The molecule has 2 aromatic carbocycles. The van der Waals surface area contributed by atoms with E-state index in [2.05, 4.69) is 4.74 Å². The lowest BCUT2D eigenvalue weighted by atomic mass is 9.98. The number of fused-ring (bicyclic) bond motifs is 1. The number of methoxy groups -OCH3 is 1. The maximum atomic E-state index is 12.3. The van der Waals surface area contributed by atoms with Gasteiger partial charge in [0.25, 0.3) is 0 Å². The lowest BCUT2D eigenvalue weighted by molar-refractivity contribution is -0.140. The SMILES string of the molecule is CCOc1ccc(C(=O)CCC(=O)OC)c2ccccc12. The lowest BCUT2D eigenvalue weighted by Gasteiger charge is -2.11. The minimum Gasteiger partial charge on any atom is -0.493 e. The van der Waals surface area contributed by atoms with Gasteiger partial charge in [-0.15, -0.1) is 0 Å². The van der Waals surface area contributed by atoms with E-state index in [1.807, 2.05) is 31.2 Å². The first kappa shape index (κ1) is 15.0. The van der Waals surface area contributed by atoms with E-state index in [1.165, 1.54) is 7.11 Å². The second-order valence-corrected chi connectivity index (χ2v) is 4.59. The average Bonchev–Trinajstić information content (AvgIpc) is 2.52. The van der Waals surface area contributed by atoms with Crippen molar-refractivity contribution in [3.8, 4) is 5.75 Å². The molecular weight excluding hydrogens is 268 g/mol. The standard InChI is InChI=1S/C17H18O4/c1-3-21-16-10-8-13(12-6-4-5-7-14(12)16)15(18)9-11-17(19)20-2/h4-8,10H,3,9,11H2,1-2H3. The highest BCUT2D eigenvalue weighted by Gasteiger charge is 2.14. The van der Waals surface area contributed by atoms with E-state index in [-0.39, 0.29) is 24.6 Å². The molecule has 2 rings (SSSR count). The summed E-state index contributed by atoms with van der Waals surface area (Å²) in [6.45, 7) is 2.49. The zero-order valence-corrected chi connectivity index (χ0v) is 12.2. The van der Waals surface area contributed by atoms with Gasteiger partial charge in [-0.3, -0.25) is 9.59 Å². The smallest absolute Gasteiger partial charge is 0.305 e. The van der Waals surface area contributed by atoms with Crippen molar-refractivity contribution in [1.29, 1.82) is 0 Å². The lowest BCUT2D eigenvalue weighted by Crippen LogP contribution is -2.06. The fourth-order valence-corrected chi connectivity index (χ4v) is 2.25. The van der Waals surface area contributed by atoms with Crippen molar-refractivity contribution in [2.24, 2.45) is 0 Å². The van der Waals surface area contributed by atoms with Crippen LogP contribution in [0.2, 0.25) is 0 Å². The number of carbonyl (C=O) groups is 2. The van der Waals surface area contributed by atoms with Gasteiger partial charge in [0.2, 0.25) is 0 Å². The minimum absolute atomic E-state index is 0.0698. The third-order valence-corrected chi connectivity index (χ3v) is 3.27. The normalized spacial score (nSPS) is 10.4. The molecule has 0 atom stereocenters. The van der Waals surface area contributed by atoms with Crippen molar-refractivity contribution in [3.63, 3.8) is 0 Å².